The summed E-state index contributed by atoms with van der Waals surface area (Å²) < 4.78 is 0. The average Bonchev–Trinajstić information content (AvgIpc) is 2.58. The Morgan fingerprint density at radius 1 is 0.909 bits per heavy atom. The van der Waals surface area contributed by atoms with Crippen LogP contribution in [0.1, 0.15) is 67.2 Å². The maximum atomic E-state index is 5.78. The first-order valence-corrected chi connectivity index (χ1v) is 8.72. The molecule has 0 amide bonds. The Kier molecular flexibility index (Phi) is 4.82. The molecule has 0 aliphatic heterocycles. The van der Waals surface area contributed by atoms with Crippen molar-refractivity contribution in [2.24, 2.45) is 0 Å². The first-order valence-electron chi connectivity index (χ1n) is 8.72. The molecule has 0 saturated heterocycles. The summed E-state index contributed by atoms with van der Waals surface area (Å²) in [6.07, 6.45) is 9.10. The Morgan fingerprint density at radius 3 is 2.32 bits per heavy atom. The summed E-state index contributed by atoms with van der Waals surface area (Å²) in [7, 11) is 0. The van der Waals surface area contributed by atoms with Crippen molar-refractivity contribution in [3.63, 3.8) is 0 Å². The van der Waals surface area contributed by atoms with Gasteiger partial charge < -0.3 is 5.73 Å². The summed E-state index contributed by atoms with van der Waals surface area (Å²) in [5.41, 5.74) is 12.5. The van der Waals surface area contributed by atoms with Crippen LogP contribution in [0.4, 0.5) is 5.69 Å². The zero-order valence-electron chi connectivity index (χ0n) is 13.6. The van der Waals surface area contributed by atoms with Gasteiger partial charge in [-0.15, -0.1) is 0 Å². The van der Waals surface area contributed by atoms with Gasteiger partial charge in [0.2, 0.25) is 0 Å². The number of benzene rings is 2. The smallest absolute Gasteiger partial charge is 0.0314 e. The minimum absolute atomic E-state index is 0.796. The van der Waals surface area contributed by atoms with Crippen molar-refractivity contribution in [2.45, 2.75) is 57.8 Å². The van der Waals surface area contributed by atoms with Gasteiger partial charge in [0.05, 0.1) is 0 Å². The van der Waals surface area contributed by atoms with Gasteiger partial charge in [-0.1, -0.05) is 56.5 Å². The lowest BCUT2D eigenvalue weighted by molar-refractivity contribution is 0.443. The largest absolute Gasteiger partial charge is 0.399 e. The Bertz CT molecular complexity index is 606. The van der Waals surface area contributed by atoms with Gasteiger partial charge in [0.15, 0.2) is 0 Å². The van der Waals surface area contributed by atoms with Crippen LogP contribution in [0.5, 0.6) is 0 Å². The van der Waals surface area contributed by atoms with E-state index in [2.05, 4.69) is 37.3 Å². The summed E-state index contributed by atoms with van der Waals surface area (Å²) in [5, 5.41) is 0. The molecule has 0 radical (unpaired) electrons. The van der Waals surface area contributed by atoms with Crippen LogP contribution in [0, 0.1) is 0 Å². The minimum atomic E-state index is 0.796. The van der Waals surface area contributed by atoms with E-state index in [0.717, 1.165) is 24.4 Å². The molecule has 1 fully saturated rings. The van der Waals surface area contributed by atoms with Gasteiger partial charge in [-0.3, -0.25) is 0 Å². The van der Waals surface area contributed by atoms with Crippen molar-refractivity contribution in [2.75, 3.05) is 5.73 Å². The molecule has 1 saturated carbocycles. The quantitative estimate of drug-likeness (QED) is 0.743. The maximum absolute atomic E-state index is 5.78. The lowest BCUT2D eigenvalue weighted by Crippen LogP contribution is -2.06. The van der Waals surface area contributed by atoms with Crippen molar-refractivity contribution < 1.29 is 0 Å². The minimum Gasteiger partial charge on any atom is -0.399 e. The molecular formula is C21H27N. The van der Waals surface area contributed by atoms with Crippen molar-refractivity contribution in [3.05, 3.63) is 64.7 Å². The van der Waals surface area contributed by atoms with Crippen LogP contribution in [-0.2, 0) is 12.8 Å². The predicted molar refractivity (Wildman–Crippen MR) is 95.3 cm³/mol. The summed E-state index contributed by atoms with van der Waals surface area (Å²) in [6.45, 7) is 2.27. The number of nitrogens with two attached hydrogens (primary N) is 1. The molecule has 22 heavy (non-hydrogen) atoms. The molecule has 1 nitrogen and oxygen atoms in total. The molecule has 0 unspecified atom stereocenters. The lowest BCUT2D eigenvalue weighted by atomic mass is 9.82. The molecule has 0 atom stereocenters. The molecule has 0 bridgehead atoms. The van der Waals surface area contributed by atoms with Gasteiger partial charge in [-0.2, -0.15) is 0 Å². The zero-order valence-corrected chi connectivity index (χ0v) is 13.6. The topological polar surface area (TPSA) is 26.0 Å². The van der Waals surface area contributed by atoms with Crippen LogP contribution >= 0.6 is 0 Å². The third kappa shape index (κ3) is 3.52. The van der Waals surface area contributed by atoms with E-state index < -0.39 is 0 Å². The maximum Gasteiger partial charge on any atom is 0.0314 e. The first-order chi connectivity index (χ1) is 10.8. The molecule has 2 aromatic rings. The molecule has 3 rings (SSSR count). The van der Waals surface area contributed by atoms with E-state index in [1.165, 1.54) is 48.8 Å². The number of hydrogen-bond acceptors (Lipinski definition) is 1. The first kappa shape index (κ1) is 15.1. The van der Waals surface area contributed by atoms with E-state index >= 15 is 0 Å². The van der Waals surface area contributed by atoms with Gasteiger partial charge in [0.25, 0.3) is 0 Å². The highest BCUT2D eigenvalue weighted by atomic mass is 14.5. The normalized spacial score (nSPS) is 15.9. The molecule has 116 valence electrons. The number of anilines is 1. The number of rotatable bonds is 4. The van der Waals surface area contributed by atoms with Crippen molar-refractivity contribution in [3.8, 4) is 0 Å². The molecule has 1 aliphatic carbocycles. The Morgan fingerprint density at radius 2 is 1.64 bits per heavy atom. The van der Waals surface area contributed by atoms with Gasteiger partial charge in [-0.05, 0) is 66.0 Å². The predicted octanol–water partition coefficient (Wildman–Crippen LogP) is 5.47. The van der Waals surface area contributed by atoms with Gasteiger partial charge in [-0.25, -0.2) is 0 Å². The van der Waals surface area contributed by atoms with Gasteiger partial charge in [0, 0.05) is 5.69 Å². The third-order valence-corrected chi connectivity index (χ3v) is 5.06. The molecule has 2 aromatic carbocycles. The molecule has 1 aliphatic rings. The van der Waals surface area contributed by atoms with Gasteiger partial charge >= 0.3 is 0 Å². The van der Waals surface area contributed by atoms with E-state index in [1.807, 2.05) is 12.1 Å². The second-order valence-electron chi connectivity index (χ2n) is 6.63. The second kappa shape index (κ2) is 7.00. The summed E-state index contributed by atoms with van der Waals surface area (Å²) in [4.78, 5) is 0. The third-order valence-electron chi connectivity index (χ3n) is 5.06. The lowest BCUT2D eigenvalue weighted by Gasteiger charge is -2.23. The zero-order chi connectivity index (χ0) is 15.4. The number of hydrogen-bond donors (Lipinski definition) is 1. The summed E-state index contributed by atoms with van der Waals surface area (Å²) >= 11 is 0. The van der Waals surface area contributed by atoms with Crippen LogP contribution in [0.2, 0.25) is 0 Å². The van der Waals surface area contributed by atoms with E-state index in [1.54, 1.807) is 5.56 Å². The molecular weight excluding hydrogens is 266 g/mol. The summed E-state index contributed by atoms with van der Waals surface area (Å²) in [6, 6.07) is 15.5. The van der Waals surface area contributed by atoms with E-state index in [9.17, 15) is 0 Å². The van der Waals surface area contributed by atoms with E-state index in [-0.39, 0.29) is 0 Å². The van der Waals surface area contributed by atoms with Crippen LogP contribution in [0.15, 0.2) is 42.5 Å². The number of nitrogen functional groups attached to an aromatic ring is 1. The average molecular weight is 293 g/mol. The highest BCUT2D eigenvalue weighted by Crippen LogP contribution is 2.33. The van der Waals surface area contributed by atoms with Crippen LogP contribution in [0.25, 0.3) is 0 Å². The summed E-state index contributed by atoms with van der Waals surface area (Å²) in [5.74, 6) is 0.796. The standard InChI is InChI=1S/C21H27N/c1-2-17-15-20(18-6-4-3-5-7-18)11-10-19(17)14-16-8-12-21(22)13-9-16/h8-13,15,18H,2-7,14,22H2,1H3. The highest BCUT2D eigenvalue weighted by molar-refractivity contribution is 5.42. The molecule has 2 N–H and O–H groups in total. The van der Waals surface area contributed by atoms with E-state index in [4.69, 9.17) is 5.73 Å². The molecule has 0 heterocycles. The SMILES string of the molecule is CCc1cc(C2CCCCC2)ccc1Cc1ccc(N)cc1. The van der Waals surface area contributed by atoms with Crippen LogP contribution in [-0.4, -0.2) is 0 Å². The Hall–Kier alpha value is -1.76. The monoisotopic (exact) mass is 293 g/mol. The van der Waals surface area contributed by atoms with Gasteiger partial charge in [0.1, 0.15) is 0 Å². The highest BCUT2D eigenvalue weighted by Gasteiger charge is 2.16. The molecule has 0 aromatic heterocycles. The number of aryl methyl sites for hydroxylation is 1. The fraction of sp³-hybridized carbons (Fsp3) is 0.429. The van der Waals surface area contributed by atoms with E-state index in [0.29, 0.717) is 0 Å². The second-order valence-corrected chi connectivity index (χ2v) is 6.63. The Balaban J connectivity index is 1.80. The van der Waals surface area contributed by atoms with Crippen molar-refractivity contribution in [1.82, 2.24) is 0 Å². The van der Waals surface area contributed by atoms with Crippen LogP contribution in [0.3, 0.4) is 0 Å². The molecule has 1 heteroatoms. The molecule has 0 spiro atoms. The Labute approximate surface area is 134 Å². The van der Waals surface area contributed by atoms with Crippen molar-refractivity contribution in [1.29, 1.82) is 0 Å². The van der Waals surface area contributed by atoms with Crippen molar-refractivity contribution >= 4 is 5.69 Å². The van der Waals surface area contributed by atoms with Crippen LogP contribution < -0.4 is 5.73 Å². The fourth-order valence-electron chi connectivity index (χ4n) is 3.69. The fourth-order valence-corrected chi connectivity index (χ4v) is 3.69.